The van der Waals surface area contributed by atoms with Crippen molar-refractivity contribution in [2.24, 2.45) is 0 Å². The van der Waals surface area contributed by atoms with Crippen LogP contribution in [-0.2, 0) is 23.8 Å². The number of amides is 1. The summed E-state index contributed by atoms with van der Waals surface area (Å²) in [6.07, 6.45) is 1.16. The monoisotopic (exact) mass is 323 g/mol. The number of carbonyl (C=O) groups excluding carboxylic acids is 2. The number of carbonyl (C=O) groups is 2. The summed E-state index contributed by atoms with van der Waals surface area (Å²) in [6, 6.07) is 4.94. The summed E-state index contributed by atoms with van der Waals surface area (Å²) in [7, 11) is 2.99. The maximum atomic E-state index is 11.9. The fourth-order valence-electron chi connectivity index (χ4n) is 1.78. The summed E-state index contributed by atoms with van der Waals surface area (Å²) < 4.78 is 25.1. The standard InChI is InChI=1S/C15H17NO7/c1-19-10-3-4-12(20-2)11(7-10)16-14(17)9-23-15(18)13-8-21-5-6-22-13/h3-4,7-8H,5-6,9H2,1-2H3,(H,16,17). The molecule has 8 heteroatoms. The van der Waals surface area contributed by atoms with Crippen LogP contribution in [0.1, 0.15) is 0 Å². The lowest BCUT2D eigenvalue weighted by Crippen LogP contribution is -2.24. The van der Waals surface area contributed by atoms with Crippen molar-refractivity contribution < 1.29 is 33.3 Å². The predicted octanol–water partition coefficient (Wildman–Crippen LogP) is 1.07. The third-order valence-corrected chi connectivity index (χ3v) is 2.87. The molecule has 0 unspecified atom stereocenters. The Morgan fingerprint density at radius 1 is 1.22 bits per heavy atom. The summed E-state index contributed by atoms with van der Waals surface area (Å²) in [5, 5.41) is 2.58. The zero-order valence-electron chi connectivity index (χ0n) is 12.8. The van der Waals surface area contributed by atoms with E-state index >= 15 is 0 Å². The van der Waals surface area contributed by atoms with Crippen LogP contribution >= 0.6 is 0 Å². The van der Waals surface area contributed by atoms with E-state index in [0.717, 1.165) is 6.26 Å². The van der Waals surface area contributed by atoms with E-state index in [9.17, 15) is 9.59 Å². The zero-order chi connectivity index (χ0) is 16.7. The highest BCUT2D eigenvalue weighted by Gasteiger charge is 2.18. The minimum Gasteiger partial charge on any atom is -0.497 e. The van der Waals surface area contributed by atoms with Gasteiger partial charge in [0.2, 0.25) is 5.76 Å². The molecule has 1 aromatic rings. The van der Waals surface area contributed by atoms with Gasteiger partial charge in [-0.3, -0.25) is 4.79 Å². The summed E-state index contributed by atoms with van der Waals surface area (Å²) >= 11 is 0. The van der Waals surface area contributed by atoms with Gasteiger partial charge in [-0.1, -0.05) is 0 Å². The van der Waals surface area contributed by atoms with E-state index in [0.29, 0.717) is 23.8 Å². The predicted molar refractivity (Wildman–Crippen MR) is 79.1 cm³/mol. The van der Waals surface area contributed by atoms with Gasteiger partial charge in [-0.2, -0.15) is 0 Å². The van der Waals surface area contributed by atoms with Gasteiger partial charge in [-0.05, 0) is 12.1 Å². The van der Waals surface area contributed by atoms with Gasteiger partial charge in [0, 0.05) is 6.07 Å². The Kier molecular flexibility index (Phi) is 5.67. The third-order valence-electron chi connectivity index (χ3n) is 2.87. The lowest BCUT2D eigenvalue weighted by molar-refractivity contribution is -0.148. The number of rotatable bonds is 6. The van der Waals surface area contributed by atoms with E-state index in [1.54, 1.807) is 18.2 Å². The first-order valence-corrected chi connectivity index (χ1v) is 6.77. The Morgan fingerprint density at radius 3 is 2.70 bits per heavy atom. The molecule has 8 nitrogen and oxygen atoms in total. The molecule has 1 amide bonds. The minimum atomic E-state index is -0.766. The highest BCUT2D eigenvalue weighted by atomic mass is 16.6. The average Bonchev–Trinajstić information content (AvgIpc) is 2.60. The molecule has 1 N–H and O–H groups in total. The van der Waals surface area contributed by atoms with E-state index in [1.807, 2.05) is 0 Å². The summed E-state index contributed by atoms with van der Waals surface area (Å²) in [4.78, 5) is 23.5. The Labute approximate surface area is 132 Å². The van der Waals surface area contributed by atoms with Crippen LogP contribution in [0, 0.1) is 0 Å². The van der Waals surface area contributed by atoms with Crippen molar-refractivity contribution in [1.29, 1.82) is 0 Å². The van der Waals surface area contributed by atoms with Gasteiger partial charge >= 0.3 is 5.97 Å². The van der Waals surface area contributed by atoms with Gasteiger partial charge in [0.25, 0.3) is 5.91 Å². The zero-order valence-corrected chi connectivity index (χ0v) is 12.8. The van der Waals surface area contributed by atoms with E-state index in [2.05, 4.69) is 5.32 Å². The number of methoxy groups -OCH3 is 2. The molecule has 1 heterocycles. The molecule has 23 heavy (non-hydrogen) atoms. The van der Waals surface area contributed by atoms with Crippen molar-refractivity contribution in [3.63, 3.8) is 0 Å². The van der Waals surface area contributed by atoms with E-state index in [1.165, 1.54) is 14.2 Å². The van der Waals surface area contributed by atoms with Crippen molar-refractivity contribution in [1.82, 2.24) is 0 Å². The number of nitrogens with one attached hydrogen (secondary N) is 1. The Morgan fingerprint density at radius 2 is 2.04 bits per heavy atom. The number of hydrogen-bond donors (Lipinski definition) is 1. The van der Waals surface area contributed by atoms with E-state index in [4.69, 9.17) is 23.7 Å². The van der Waals surface area contributed by atoms with Gasteiger partial charge in [0.1, 0.15) is 31.0 Å². The Bertz CT molecular complexity index is 612. The smallest absolute Gasteiger partial charge is 0.377 e. The number of ether oxygens (including phenoxy) is 5. The Hall–Kier alpha value is -2.90. The molecular formula is C15H17NO7. The van der Waals surface area contributed by atoms with Crippen LogP contribution in [-0.4, -0.2) is 45.9 Å². The molecule has 0 spiro atoms. The highest BCUT2D eigenvalue weighted by molar-refractivity contribution is 5.95. The molecule has 0 saturated carbocycles. The van der Waals surface area contributed by atoms with Gasteiger partial charge in [-0.15, -0.1) is 0 Å². The number of benzene rings is 1. The second-order valence-corrected chi connectivity index (χ2v) is 4.39. The summed E-state index contributed by atoms with van der Waals surface area (Å²) in [5.74, 6) is -0.351. The molecule has 1 aliphatic heterocycles. The molecule has 0 aliphatic carbocycles. The van der Waals surface area contributed by atoms with Gasteiger partial charge in [0.05, 0.1) is 19.9 Å². The molecule has 0 atom stereocenters. The third kappa shape index (κ3) is 4.53. The molecule has 0 radical (unpaired) electrons. The lowest BCUT2D eigenvalue weighted by Gasteiger charge is -2.15. The van der Waals surface area contributed by atoms with Crippen LogP contribution in [0.5, 0.6) is 11.5 Å². The summed E-state index contributed by atoms with van der Waals surface area (Å²) in [5.41, 5.74) is 0.407. The number of anilines is 1. The molecule has 1 aliphatic rings. The maximum absolute atomic E-state index is 11.9. The Balaban J connectivity index is 1.91. The molecule has 0 bridgehead atoms. The molecule has 0 fully saturated rings. The van der Waals surface area contributed by atoms with Crippen LogP contribution in [0.15, 0.2) is 30.2 Å². The molecular weight excluding hydrogens is 306 g/mol. The number of hydrogen-bond acceptors (Lipinski definition) is 7. The normalized spacial score (nSPS) is 13.0. The first-order valence-electron chi connectivity index (χ1n) is 6.77. The summed E-state index contributed by atoms with van der Waals surface area (Å²) in [6.45, 7) is 0.154. The fourth-order valence-corrected chi connectivity index (χ4v) is 1.78. The topological polar surface area (TPSA) is 92.3 Å². The largest absolute Gasteiger partial charge is 0.497 e. The fraction of sp³-hybridized carbons (Fsp3) is 0.333. The van der Waals surface area contributed by atoms with Crippen LogP contribution < -0.4 is 14.8 Å². The van der Waals surface area contributed by atoms with Crippen molar-refractivity contribution in [3.05, 3.63) is 30.2 Å². The van der Waals surface area contributed by atoms with Crippen LogP contribution in [0.25, 0.3) is 0 Å². The van der Waals surface area contributed by atoms with Crippen LogP contribution in [0.2, 0.25) is 0 Å². The van der Waals surface area contributed by atoms with Gasteiger partial charge < -0.3 is 29.0 Å². The lowest BCUT2D eigenvalue weighted by atomic mass is 10.2. The number of esters is 1. The van der Waals surface area contributed by atoms with E-state index < -0.39 is 18.5 Å². The van der Waals surface area contributed by atoms with Crippen molar-refractivity contribution >= 4 is 17.6 Å². The van der Waals surface area contributed by atoms with Crippen molar-refractivity contribution in [3.8, 4) is 11.5 Å². The van der Waals surface area contributed by atoms with Gasteiger partial charge in [0.15, 0.2) is 6.61 Å². The SMILES string of the molecule is COc1ccc(OC)c(NC(=O)COC(=O)C2=COCCO2)c1. The van der Waals surface area contributed by atoms with E-state index in [-0.39, 0.29) is 12.4 Å². The quantitative estimate of drug-likeness (QED) is 0.783. The average molecular weight is 323 g/mol. The van der Waals surface area contributed by atoms with Crippen molar-refractivity contribution in [2.75, 3.05) is 39.4 Å². The molecule has 0 saturated heterocycles. The van der Waals surface area contributed by atoms with Gasteiger partial charge in [-0.25, -0.2) is 4.79 Å². The highest BCUT2D eigenvalue weighted by Crippen LogP contribution is 2.28. The molecule has 1 aromatic carbocycles. The van der Waals surface area contributed by atoms with Crippen LogP contribution in [0.3, 0.4) is 0 Å². The molecule has 2 rings (SSSR count). The molecule has 124 valence electrons. The van der Waals surface area contributed by atoms with Crippen molar-refractivity contribution in [2.45, 2.75) is 0 Å². The second-order valence-electron chi connectivity index (χ2n) is 4.39. The first-order chi connectivity index (χ1) is 11.1. The maximum Gasteiger partial charge on any atom is 0.377 e. The molecule has 0 aromatic heterocycles. The first kappa shape index (κ1) is 16.5. The minimum absolute atomic E-state index is 0.0667. The second kappa shape index (κ2) is 7.92. The van der Waals surface area contributed by atoms with Crippen LogP contribution in [0.4, 0.5) is 5.69 Å².